The second-order valence-corrected chi connectivity index (χ2v) is 6.92. The van der Waals surface area contributed by atoms with Gasteiger partial charge in [-0.15, -0.1) is 0 Å². The lowest BCUT2D eigenvalue weighted by Gasteiger charge is -2.19. The van der Waals surface area contributed by atoms with Crippen LogP contribution in [0.2, 0.25) is 0 Å². The Hall–Kier alpha value is -2.13. The molecule has 0 aromatic heterocycles. The van der Waals surface area contributed by atoms with Crippen LogP contribution in [0.1, 0.15) is 31.1 Å². The molecule has 8 nitrogen and oxygen atoms in total. The third-order valence-corrected chi connectivity index (χ3v) is 5.52. The lowest BCUT2D eigenvalue weighted by atomic mass is 10.1. The number of carboxylic acid groups (broad SMARTS) is 1. The molecule has 0 aliphatic carbocycles. The Morgan fingerprint density at radius 1 is 1.29 bits per heavy atom. The first-order valence-corrected chi connectivity index (χ1v) is 8.84. The number of carbonyl (C=O) groups excluding carboxylic acids is 1. The van der Waals surface area contributed by atoms with Crippen molar-refractivity contribution in [2.24, 2.45) is 0 Å². The third kappa shape index (κ3) is 4.24. The Bertz CT molecular complexity index is 713. The highest BCUT2D eigenvalue weighted by Gasteiger charge is 2.25. The van der Waals surface area contributed by atoms with Gasteiger partial charge in [0.15, 0.2) is 0 Å². The van der Waals surface area contributed by atoms with Crippen molar-refractivity contribution < 1.29 is 27.9 Å². The number of hydrogen-bond acceptors (Lipinski definition) is 5. The number of nitrogens with zero attached hydrogens (tertiary/aromatic N) is 1. The number of sulfonamides is 1. The number of carboxylic acids is 1. The molecule has 24 heavy (non-hydrogen) atoms. The fraction of sp³-hybridized carbons (Fsp3) is 0.467. The van der Waals surface area contributed by atoms with Gasteiger partial charge in [-0.25, -0.2) is 8.42 Å². The molecule has 1 atom stereocenters. The van der Waals surface area contributed by atoms with Gasteiger partial charge in [-0.1, -0.05) is 13.8 Å². The lowest BCUT2D eigenvalue weighted by molar-refractivity contribution is -0.138. The predicted octanol–water partition coefficient (Wildman–Crippen LogP) is 0.929. The minimum absolute atomic E-state index is 0.0427. The first-order chi connectivity index (χ1) is 11.2. The Kier molecular flexibility index (Phi) is 6.73. The first kappa shape index (κ1) is 19.9. The average molecular weight is 358 g/mol. The van der Waals surface area contributed by atoms with Crippen LogP contribution < -0.4 is 10.1 Å². The van der Waals surface area contributed by atoms with Gasteiger partial charge in [-0.05, 0) is 25.1 Å². The SMILES string of the molecule is CCN(CC)S(=O)(=O)c1ccc(OC)c(C(=O)NC(C)C(=O)O)c1. The van der Waals surface area contributed by atoms with E-state index in [0.717, 1.165) is 0 Å². The van der Waals surface area contributed by atoms with Crippen molar-refractivity contribution in [3.63, 3.8) is 0 Å². The van der Waals surface area contributed by atoms with Gasteiger partial charge in [0.05, 0.1) is 17.6 Å². The summed E-state index contributed by atoms with van der Waals surface area (Å²) in [5, 5.41) is 11.2. The van der Waals surface area contributed by atoms with Crippen LogP contribution in [-0.4, -0.2) is 55.9 Å². The molecule has 0 bridgehead atoms. The van der Waals surface area contributed by atoms with E-state index in [1.165, 1.54) is 36.5 Å². The maximum Gasteiger partial charge on any atom is 0.325 e. The Morgan fingerprint density at radius 2 is 1.88 bits per heavy atom. The highest BCUT2D eigenvalue weighted by atomic mass is 32.2. The molecule has 0 spiro atoms. The van der Waals surface area contributed by atoms with E-state index in [0.29, 0.717) is 13.1 Å². The number of hydrogen-bond donors (Lipinski definition) is 2. The normalized spacial score (nSPS) is 12.7. The smallest absolute Gasteiger partial charge is 0.325 e. The minimum Gasteiger partial charge on any atom is -0.496 e. The average Bonchev–Trinajstić information content (AvgIpc) is 2.54. The summed E-state index contributed by atoms with van der Waals surface area (Å²) in [5.74, 6) is -1.77. The number of aliphatic carboxylic acids is 1. The number of methoxy groups -OCH3 is 1. The minimum atomic E-state index is -3.75. The predicted molar refractivity (Wildman–Crippen MR) is 87.7 cm³/mol. The molecule has 0 aliphatic heterocycles. The van der Waals surface area contributed by atoms with Gasteiger partial charge in [-0.2, -0.15) is 4.31 Å². The molecule has 1 amide bonds. The molecular weight excluding hydrogens is 336 g/mol. The summed E-state index contributed by atoms with van der Waals surface area (Å²) >= 11 is 0. The Labute approximate surface area is 141 Å². The van der Waals surface area contributed by atoms with Crippen LogP contribution in [0.4, 0.5) is 0 Å². The molecule has 1 unspecified atom stereocenters. The molecule has 1 aromatic rings. The summed E-state index contributed by atoms with van der Waals surface area (Å²) in [6.07, 6.45) is 0. The topological polar surface area (TPSA) is 113 Å². The number of ether oxygens (including phenoxy) is 1. The summed E-state index contributed by atoms with van der Waals surface area (Å²) in [5.41, 5.74) is -0.0427. The summed E-state index contributed by atoms with van der Waals surface area (Å²) < 4.78 is 31.5. The molecular formula is C15H22N2O6S. The number of nitrogens with one attached hydrogen (secondary N) is 1. The monoisotopic (exact) mass is 358 g/mol. The maximum atomic E-state index is 12.6. The zero-order valence-electron chi connectivity index (χ0n) is 14.1. The molecule has 1 rings (SSSR count). The van der Waals surface area contributed by atoms with E-state index in [1.807, 2.05) is 0 Å². The van der Waals surface area contributed by atoms with E-state index in [-0.39, 0.29) is 16.2 Å². The molecule has 0 saturated heterocycles. The van der Waals surface area contributed by atoms with Gasteiger partial charge in [0.25, 0.3) is 5.91 Å². The fourth-order valence-corrected chi connectivity index (χ4v) is 3.56. The zero-order chi connectivity index (χ0) is 18.5. The molecule has 0 radical (unpaired) electrons. The van der Waals surface area contributed by atoms with E-state index in [4.69, 9.17) is 9.84 Å². The summed E-state index contributed by atoms with van der Waals surface area (Å²) in [7, 11) is -2.41. The molecule has 0 saturated carbocycles. The van der Waals surface area contributed by atoms with Crippen molar-refractivity contribution in [1.29, 1.82) is 0 Å². The van der Waals surface area contributed by atoms with E-state index >= 15 is 0 Å². The van der Waals surface area contributed by atoms with Crippen LogP contribution in [0.15, 0.2) is 23.1 Å². The van der Waals surface area contributed by atoms with Crippen molar-refractivity contribution in [1.82, 2.24) is 9.62 Å². The highest BCUT2D eigenvalue weighted by Crippen LogP contribution is 2.24. The van der Waals surface area contributed by atoms with E-state index in [9.17, 15) is 18.0 Å². The van der Waals surface area contributed by atoms with Crippen molar-refractivity contribution in [2.75, 3.05) is 20.2 Å². The van der Waals surface area contributed by atoms with Gasteiger partial charge in [0.2, 0.25) is 10.0 Å². The lowest BCUT2D eigenvalue weighted by Crippen LogP contribution is -2.38. The molecule has 0 aliphatic rings. The molecule has 2 N–H and O–H groups in total. The van der Waals surface area contributed by atoms with Crippen LogP contribution >= 0.6 is 0 Å². The molecule has 134 valence electrons. The van der Waals surface area contributed by atoms with Crippen molar-refractivity contribution in [2.45, 2.75) is 31.7 Å². The molecule has 1 aromatic carbocycles. The van der Waals surface area contributed by atoms with Gasteiger partial charge in [0, 0.05) is 13.1 Å². The number of carbonyl (C=O) groups is 2. The zero-order valence-corrected chi connectivity index (χ0v) is 14.9. The summed E-state index contributed by atoms with van der Waals surface area (Å²) in [4.78, 5) is 23.1. The summed E-state index contributed by atoms with van der Waals surface area (Å²) in [6.45, 7) is 5.33. The van der Waals surface area contributed by atoms with Gasteiger partial charge in [0.1, 0.15) is 11.8 Å². The van der Waals surface area contributed by atoms with Crippen LogP contribution in [0.3, 0.4) is 0 Å². The van der Waals surface area contributed by atoms with Crippen molar-refractivity contribution in [3.8, 4) is 5.75 Å². The number of amides is 1. The quantitative estimate of drug-likeness (QED) is 0.715. The Balaban J connectivity index is 3.31. The van der Waals surface area contributed by atoms with Gasteiger partial charge >= 0.3 is 5.97 Å². The molecule has 9 heteroatoms. The third-order valence-electron chi connectivity index (χ3n) is 3.48. The fourth-order valence-electron chi connectivity index (χ4n) is 2.07. The van der Waals surface area contributed by atoms with E-state index in [1.54, 1.807) is 13.8 Å². The number of benzene rings is 1. The maximum absolute atomic E-state index is 12.6. The largest absolute Gasteiger partial charge is 0.496 e. The van der Waals surface area contributed by atoms with Crippen LogP contribution in [0.5, 0.6) is 5.75 Å². The first-order valence-electron chi connectivity index (χ1n) is 7.40. The van der Waals surface area contributed by atoms with Crippen molar-refractivity contribution >= 4 is 21.9 Å². The van der Waals surface area contributed by atoms with Crippen molar-refractivity contribution in [3.05, 3.63) is 23.8 Å². The second kappa shape index (κ2) is 8.11. The second-order valence-electron chi connectivity index (χ2n) is 4.98. The highest BCUT2D eigenvalue weighted by molar-refractivity contribution is 7.89. The van der Waals surface area contributed by atoms with Crippen LogP contribution in [0.25, 0.3) is 0 Å². The molecule has 0 heterocycles. The van der Waals surface area contributed by atoms with Crippen LogP contribution in [0, 0.1) is 0 Å². The summed E-state index contributed by atoms with van der Waals surface area (Å²) in [6, 6.07) is 2.79. The standard InChI is InChI=1S/C15H22N2O6S/c1-5-17(6-2)24(21,22)11-7-8-13(23-4)12(9-11)14(18)16-10(3)15(19)20/h7-10H,5-6H2,1-4H3,(H,16,18)(H,19,20). The van der Waals surface area contributed by atoms with Crippen LogP contribution in [-0.2, 0) is 14.8 Å². The van der Waals surface area contributed by atoms with E-state index in [2.05, 4.69) is 5.32 Å². The molecule has 0 fully saturated rings. The number of rotatable bonds is 8. The van der Waals surface area contributed by atoms with E-state index < -0.39 is 27.9 Å². The van der Waals surface area contributed by atoms with Gasteiger partial charge < -0.3 is 15.2 Å². The van der Waals surface area contributed by atoms with Gasteiger partial charge in [-0.3, -0.25) is 9.59 Å². The Morgan fingerprint density at radius 3 is 2.33 bits per heavy atom.